The second kappa shape index (κ2) is 7.22. The Morgan fingerprint density at radius 2 is 1.90 bits per heavy atom. The summed E-state index contributed by atoms with van der Waals surface area (Å²) in [6.45, 7) is 5.07. The molecule has 110 valence electrons. The van der Waals surface area contributed by atoms with Crippen molar-refractivity contribution in [1.29, 1.82) is 0 Å². The maximum atomic E-state index is 12.1. The number of carbonyl (C=O) groups excluding carboxylic acids is 1. The fourth-order valence-corrected chi connectivity index (χ4v) is 2.35. The molecule has 1 heterocycles. The van der Waals surface area contributed by atoms with Gasteiger partial charge in [-0.25, -0.2) is 9.97 Å². The molecule has 1 aliphatic carbocycles. The Morgan fingerprint density at radius 3 is 2.50 bits per heavy atom. The Morgan fingerprint density at radius 1 is 1.25 bits per heavy atom. The summed E-state index contributed by atoms with van der Waals surface area (Å²) in [7, 11) is 0. The number of anilines is 1. The van der Waals surface area contributed by atoms with Crippen LogP contribution >= 0.6 is 0 Å². The predicted octanol–water partition coefficient (Wildman–Crippen LogP) is 2.61. The molecule has 20 heavy (non-hydrogen) atoms. The lowest BCUT2D eigenvalue weighted by Gasteiger charge is -2.22. The van der Waals surface area contributed by atoms with E-state index in [1.165, 1.54) is 19.3 Å². The molecule has 0 unspecified atom stereocenters. The Hall–Kier alpha value is -1.65. The average Bonchev–Trinajstić information content (AvgIpc) is 2.46. The number of hydrogen-bond acceptors (Lipinski definition) is 4. The summed E-state index contributed by atoms with van der Waals surface area (Å²) in [4.78, 5) is 20.4. The van der Waals surface area contributed by atoms with Gasteiger partial charge in [0.15, 0.2) is 0 Å². The van der Waals surface area contributed by atoms with Crippen LogP contribution in [0.3, 0.4) is 0 Å². The first-order valence-electron chi connectivity index (χ1n) is 7.52. The molecule has 0 saturated heterocycles. The molecule has 0 spiro atoms. The molecule has 1 aromatic heterocycles. The summed E-state index contributed by atoms with van der Waals surface area (Å²) < 4.78 is 0. The van der Waals surface area contributed by atoms with Crippen molar-refractivity contribution >= 4 is 11.9 Å². The highest BCUT2D eigenvalue weighted by atomic mass is 16.1. The third-order valence-electron chi connectivity index (χ3n) is 3.52. The number of nitrogens with zero attached hydrogens (tertiary/aromatic N) is 2. The summed E-state index contributed by atoms with van der Waals surface area (Å²) in [6, 6.07) is 0.315. The second-order valence-corrected chi connectivity index (χ2v) is 5.88. The van der Waals surface area contributed by atoms with Crippen LogP contribution in [0.4, 0.5) is 5.95 Å². The summed E-state index contributed by atoms with van der Waals surface area (Å²) in [5.41, 5.74) is 0.533. The van der Waals surface area contributed by atoms with Gasteiger partial charge >= 0.3 is 0 Å². The fraction of sp³-hybridized carbons (Fsp3) is 0.667. The number of hydrogen-bond donors (Lipinski definition) is 2. The first-order valence-corrected chi connectivity index (χ1v) is 7.52. The minimum absolute atomic E-state index is 0.0627. The average molecular weight is 276 g/mol. The number of aromatic nitrogens is 2. The van der Waals surface area contributed by atoms with E-state index < -0.39 is 0 Å². The molecule has 1 fully saturated rings. The highest BCUT2D eigenvalue weighted by Gasteiger charge is 2.17. The molecule has 0 aliphatic heterocycles. The first kappa shape index (κ1) is 14.8. The third kappa shape index (κ3) is 4.47. The molecule has 0 aromatic carbocycles. The Bertz CT molecular complexity index is 424. The number of rotatable bonds is 5. The van der Waals surface area contributed by atoms with Crippen LogP contribution in [0.5, 0.6) is 0 Å². The molecule has 0 radical (unpaired) electrons. The zero-order chi connectivity index (χ0) is 14.4. The van der Waals surface area contributed by atoms with Crippen LogP contribution < -0.4 is 10.6 Å². The standard InChI is InChI=1S/C15H24N4O/c1-11(2)8-16-15-17-9-12(10-18-15)14(20)19-13-6-4-3-5-7-13/h9-11,13H,3-8H2,1-2H3,(H,19,20)(H,16,17,18). The van der Waals surface area contributed by atoms with Crippen molar-refractivity contribution in [3.8, 4) is 0 Å². The van der Waals surface area contributed by atoms with Crippen molar-refractivity contribution in [2.75, 3.05) is 11.9 Å². The van der Waals surface area contributed by atoms with Crippen molar-refractivity contribution in [3.63, 3.8) is 0 Å². The van der Waals surface area contributed by atoms with Gasteiger partial charge in [0.1, 0.15) is 0 Å². The van der Waals surface area contributed by atoms with Gasteiger partial charge in [-0.1, -0.05) is 33.1 Å². The molecule has 0 atom stereocenters. The lowest BCUT2D eigenvalue weighted by Crippen LogP contribution is -2.36. The van der Waals surface area contributed by atoms with Crippen LogP contribution in [-0.4, -0.2) is 28.5 Å². The Kier molecular flexibility index (Phi) is 5.32. The van der Waals surface area contributed by atoms with Crippen LogP contribution in [0.15, 0.2) is 12.4 Å². The van der Waals surface area contributed by atoms with E-state index in [0.29, 0.717) is 23.5 Å². The van der Waals surface area contributed by atoms with E-state index in [2.05, 4.69) is 34.4 Å². The second-order valence-electron chi connectivity index (χ2n) is 5.88. The van der Waals surface area contributed by atoms with Gasteiger partial charge < -0.3 is 10.6 Å². The molecule has 1 amide bonds. The van der Waals surface area contributed by atoms with Crippen molar-refractivity contribution in [2.24, 2.45) is 5.92 Å². The van der Waals surface area contributed by atoms with Crippen LogP contribution in [-0.2, 0) is 0 Å². The van der Waals surface area contributed by atoms with Crippen molar-refractivity contribution < 1.29 is 4.79 Å². The predicted molar refractivity (Wildman–Crippen MR) is 79.7 cm³/mol. The lowest BCUT2D eigenvalue weighted by atomic mass is 9.95. The van der Waals surface area contributed by atoms with Crippen LogP contribution in [0.25, 0.3) is 0 Å². The molecule has 5 nitrogen and oxygen atoms in total. The van der Waals surface area contributed by atoms with E-state index in [1.807, 2.05) is 0 Å². The maximum absolute atomic E-state index is 12.1. The number of carbonyl (C=O) groups is 1. The molecule has 1 aliphatic rings. The summed E-state index contributed by atoms with van der Waals surface area (Å²) in [5, 5.41) is 6.20. The largest absolute Gasteiger partial charge is 0.354 e. The molecule has 0 bridgehead atoms. The molecule has 5 heteroatoms. The topological polar surface area (TPSA) is 66.9 Å². The van der Waals surface area contributed by atoms with Crippen LogP contribution in [0.2, 0.25) is 0 Å². The highest BCUT2D eigenvalue weighted by molar-refractivity contribution is 5.93. The molecule has 1 aromatic rings. The first-order chi connectivity index (χ1) is 9.65. The SMILES string of the molecule is CC(C)CNc1ncc(C(=O)NC2CCCCC2)cn1. The lowest BCUT2D eigenvalue weighted by molar-refractivity contribution is 0.0927. The smallest absolute Gasteiger partial charge is 0.254 e. The molecular formula is C15H24N4O. The van der Waals surface area contributed by atoms with E-state index in [1.54, 1.807) is 12.4 Å². The zero-order valence-corrected chi connectivity index (χ0v) is 12.4. The quantitative estimate of drug-likeness (QED) is 0.867. The maximum Gasteiger partial charge on any atom is 0.254 e. The normalized spacial score (nSPS) is 16.1. The fourth-order valence-electron chi connectivity index (χ4n) is 2.35. The van der Waals surface area contributed by atoms with Crippen molar-refractivity contribution in [1.82, 2.24) is 15.3 Å². The van der Waals surface area contributed by atoms with Crippen LogP contribution in [0.1, 0.15) is 56.3 Å². The van der Waals surface area contributed by atoms with E-state index in [4.69, 9.17) is 0 Å². The van der Waals surface area contributed by atoms with Gasteiger partial charge in [0.2, 0.25) is 5.95 Å². The van der Waals surface area contributed by atoms with E-state index in [0.717, 1.165) is 19.4 Å². The summed E-state index contributed by atoms with van der Waals surface area (Å²) in [6.07, 6.45) is 9.05. The van der Waals surface area contributed by atoms with Crippen LogP contribution in [0, 0.1) is 5.92 Å². The third-order valence-corrected chi connectivity index (χ3v) is 3.52. The van der Waals surface area contributed by atoms with Gasteiger partial charge in [0, 0.05) is 25.0 Å². The molecular weight excluding hydrogens is 252 g/mol. The Balaban J connectivity index is 1.86. The number of amides is 1. The summed E-state index contributed by atoms with van der Waals surface area (Å²) >= 11 is 0. The van der Waals surface area contributed by atoms with Crippen molar-refractivity contribution in [3.05, 3.63) is 18.0 Å². The van der Waals surface area contributed by atoms with Gasteiger partial charge in [-0.05, 0) is 18.8 Å². The molecule has 1 saturated carbocycles. The van der Waals surface area contributed by atoms with Gasteiger partial charge in [-0.15, -0.1) is 0 Å². The summed E-state index contributed by atoms with van der Waals surface area (Å²) in [5.74, 6) is 1.05. The van der Waals surface area contributed by atoms with Gasteiger partial charge in [0.05, 0.1) is 5.56 Å². The highest BCUT2D eigenvalue weighted by Crippen LogP contribution is 2.17. The minimum atomic E-state index is -0.0627. The van der Waals surface area contributed by atoms with E-state index in [-0.39, 0.29) is 5.91 Å². The van der Waals surface area contributed by atoms with Gasteiger partial charge in [-0.2, -0.15) is 0 Å². The van der Waals surface area contributed by atoms with E-state index in [9.17, 15) is 4.79 Å². The monoisotopic (exact) mass is 276 g/mol. The van der Waals surface area contributed by atoms with Gasteiger partial charge in [0.25, 0.3) is 5.91 Å². The molecule has 2 rings (SSSR count). The van der Waals surface area contributed by atoms with E-state index >= 15 is 0 Å². The van der Waals surface area contributed by atoms with Gasteiger partial charge in [-0.3, -0.25) is 4.79 Å². The Labute approximate surface area is 120 Å². The minimum Gasteiger partial charge on any atom is -0.354 e. The number of nitrogens with one attached hydrogen (secondary N) is 2. The van der Waals surface area contributed by atoms with Crippen molar-refractivity contribution in [2.45, 2.75) is 52.0 Å². The zero-order valence-electron chi connectivity index (χ0n) is 12.4. The molecule has 2 N–H and O–H groups in total.